The van der Waals surface area contributed by atoms with Gasteiger partial charge in [-0.25, -0.2) is 8.42 Å². The predicted molar refractivity (Wildman–Crippen MR) is 118 cm³/mol. The van der Waals surface area contributed by atoms with Crippen LogP contribution in [0.25, 0.3) is 0 Å². The molecule has 1 saturated heterocycles. The lowest BCUT2D eigenvalue weighted by Gasteiger charge is -2.32. The van der Waals surface area contributed by atoms with Crippen LogP contribution < -0.4 is 10.6 Å². The number of nitrogens with zero attached hydrogens (tertiary/aromatic N) is 2. The third kappa shape index (κ3) is 6.34. The second-order valence-corrected chi connectivity index (χ2v) is 10.1. The first-order valence-corrected chi connectivity index (χ1v) is 11.8. The maximum atomic E-state index is 12.7. The van der Waals surface area contributed by atoms with E-state index in [-0.39, 0.29) is 43.1 Å². The molecule has 11 heteroatoms. The van der Waals surface area contributed by atoms with Gasteiger partial charge in [-0.05, 0) is 38.0 Å². The van der Waals surface area contributed by atoms with Gasteiger partial charge in [0.2, 0.25) is 0 Å². The van der Waals surface area contributed by atoms with Crippen LogP contribution >= 0.6 is 24.0 Å². The Bertz CT molecular complexity index is 661. The van der Waals surface area contributed by atoms with E-state index in [4.69, 9.17) is 0 Å². The summed E-state index contributed by atoms with van der Waals surface area (Å²) in [5, 5.41) is 6.78. The predicted octanol–water partition coefficient (Wildman–Crippen LogP) is 3.44. The number of alkyl halides is 3. The summed E-state index contributed by atoms with van der Waals surface area (Å²) in [4.78, 5) is 4.47. The molecule has 1 heterocycles. The van der Waals surface area contributed by atoms with Gasteiger partial charge < -0.3 is 10.6 Å². The maximum absolute atomic E-state index is 12.7. The van der Waals surface area contributed by atoms with Gasteiger partial charge in [-0.2, -0.15) is 17.5 Å². The van der Waals surface area contributed by atoms with Gasteiger partial charge in [0, 0.05) is 31.7 Å². The zero-order valence-electron chi connectivity index (χ0n) is 16.7. The third-order valence-electron chi connectivity index (χ3n) is 6.16. The van der Waals surface area contributed by atoms with Crippen molar-refractivity contribution in [3.63, 3.8) is 0 Å². The van der Waals surface area contributed by atoms with Crippen molar-refractivity contribution in [2.75, 3.05) is 19.6 Å². The van der Waals surface area contributed by atoms with Crippen LogP contribution in [0.5, 0.6) is 0 Å². The van der Waals surface area contributed by atoms with E-state index in [9.17, 15) is 21.6 Å². The zero-order chi connectivity index (χ0) is 20.4. The molecule has 3 fully saturated rings. The van der Waals surface area contributed by atoms with Crippen molar-refractivity contribution < 1.29 is 21.6 Å². The van der Waals surface area contributed by atoms with Crippen molar-refractivity contribution in [2.45, 2.75) is 75.9 Å². The molecular formula is C18H32F3IN4O2S. The van der Waals surface area contributed by atoms with Crippen LogP contribution in [0.15, 0.2) is 4.99 Å². The Labute approximate surface area is 188 Å². The molecule has 1 aliphatic heterocycles. The van der Waals surface area contributed by atoms with Crippen molar-refractivity contribution in [3.8, 4) is 0 Å². The van der Waals surface area contributed by atoms with Crippen molar-refractivity contribution in [2.24, 2.45) is 16.8 Å². The highest BCUT2D eigenvalue weighted by atomic mass is 127. The molecule has 2 aliphatic carbocycles. The molecule has 0 amide bonds. The van der Waals surface area contributed by atoms with E-state index < -0.39 is 15.5 Å². The SMILES string of the molecule is CCN=C(NC1CCN(S(=O)(=O)C(F)(F)F)CC1)NC1CC1C1CCCCC1.I. The number of piperidine rings is 1. The van der Waals surface area contributed by atoms with Crippen LogP contribution in [-0.4, -0.2) is 55.9 Å². The largest absolute Gasteiger partial charge is 0.511 e. The number of guanidine groups is 1. The van der Waals surface area contributed by atoms with Crippen LogP contribution in [-0.2, 0) is 10.0 Å². The molecule has 2 atom stereocenters. The molecule has 0 radical (unpaired) electrons. The van der Waals surface area contributed by atoms with E-state index in [2.05, 4.69) is 15.6 Å². The molecule has 29 heavy (non-hydrogen) atoms. The summed E-state index contributed by atoms with van der Waals surface area (Å²) in [6, 6.07) is 0.343. The summed E-state index contributed by atoms with van der Waals surface area (Å²) in [5.41, 5.74) is -5.23. The van der Waals surface area contributed by atoms with Crippen molar-refractivity contribution in [3.05, 3.63) is 0 Å². The number of hydrogen-bond donors (Lipinski definition) is 2. The maximum Gasteiger partial charge on any atom is 0.511 e. The number of sulfonamides is 1. The second-order valence-electron chi connectivity index (χ2n) is 8.14. The van der Waals surface area contributed by atoms with Gasteiger partial charge in [-0.1, -0.05) is 32.1 Å². The molecular weight excluding hydrogens is 520 g/mol. The molecule has 0 aromatic carbocycles. The quantitative estimate of drug-likeness (QED) is 0.312. The number of hydrogen-bond acceptors (Lipinski definition) is 3. The topological polar surface area (TPSA) is 73.8 Å². The Hall–Kier alpha value is -0.300. The molecule has 0 aromatic heterocycles. The summed E-state index contributed by atoms with van der Waals surface area (Å²) < 4.78 is 61.7. The van der Waals surface area contributed by atoms with E-state index in [1.54, 1.807) is 0 Å². The molecule has 3 aliphatic rings. The summed E-state index contributed by atoms with van der Waals surface area (Å²) >= 11 is 0. The van der Waals surface area contributed by atoms with Crippen molar-refractivity contribution >= 4 is 40.0 Å². The second kappa shape index (κ2) is 10.3. The van der Waals surface area contributed by atoms with Gasteiger partial charge in [0.1, 0.15) is 0 Å². The van der Waals surface area contributed by atoms with E-state index in [0.29, 0.717) is 41.6 Å². The zero-order valence-corrected chi connectivity index (χ0v) is 19.9. The lowest BCUT2D eigenvalue weighted by molar-refractivity contribution is -0.0494. The Morgan fingerprint density at radius 3 is 2.24 bits per heavy atom. The molecule has 3 rings (SSSR count). The Kier molecular flexibility index (Phi) is 8.90. The fourth-order valence-corrected chi connectivity index (χ4v) is 5.50. The Morgan fingerprint density at radius 1 is 1.07 bits per heavy atom. The number of aliphatic imine (C=N–C) groups is 1. The van der Waals surface area contributed by atoms with Gasteiger partial charge in [0.15, 0.2) is 5.96 Å². The highest BCUT2D eigenvalue weighted by Gasteiger charge is 2.50. The van der Waals surface area contributed by atoms with E-state index >= 15 is 0 Å². The first-order chi connectivity index (χ1) is 13.2. The van der Waals surface area contributed by atoms with E-state index in [0.717, 1.165) is 12.3 Å². The number of rotatable bonds is 5. The fraction of sp³-hybridized carbons (Fsp3) is 0.944. The first-order valence-electron chi connectivity index (χ1n) is 10.4. The lowest BCUT2D eigenvalue weighted by Crippen LogP contribution is -2.52. The van der Waals surface area contributed by atoms with Crippen LogP contribution in [0.1, 0.15) is 58.3 Å². The molecule has 170 valence electrons. The third-order valence-corrected chi connectivity index (χ3v) is 7.79. The van der Waals surface area contributed by atoms with Crippen molar-refractivity contribution in [1.82, 2.24) is 14.9 Å². The average molecular weight is 552 g/mol. The summed E-state index contributed by atoms with van der Waals surface area (Å²) in [5.74, 6) is 2.19. The Morgan fingerprint density at radius 2 is 1.69 bits per heavy atom. The van der Waals surface area contributed by atoms with E-state index in [1.165, 1.54) is 32.1 Å². The number of halogens is 4. The lowest BCUT2D eigenvalue weighted by atomic mass is 9.85. The molecule has 2 N–H and O–H groups in total. The summed E-state index contributed by atoms with van der Waals surface area (Å²) in [6.07, 6.45) is 8.41. The first kappa shape index (κ1) is 25.0. The van der Waals surface area contributed by atoms with Gasteiger partial charge in [0.05, 0.1) is 0 Å². The standard InChI is InChI=1S/C18H31F3N4O2S.HI/c1-2-22-17(24-16-12-15(16)13-6-4-3-5-7-13)23-14-8-10-25(11-9-14)28(26,27)18(19,20)21;/h13-16H,2-12H2,1H3,(H2,22,23,24);1H. The summed E-state index contributed by atoms with van der Waals surface area (Å²) in [7, 11) is -5.23. The minimum absolute atomic E-state index is 0. The average Bonchev–Trinajstić information content (AvgIpc) is 3.41. The molecule has 2 unspecified atom stereocenters. The van der Waals surface area contributed by atoms with Gasteiger partial charge in [-0.3, -0.25) is 4.99 Å². The van der Waals surface area contributed by atoms with E-state index in [1.807, 2.05) is 6.92 Å². The van der Waals surface area contributed by atoms with Gasteiger partial charge in [-0.15, -0.1) is 24.0 Å². The summed E-state index contributed by atoms with van der Waals surface area (Å²) in [6.45, 7) is 2.28. The van der Waals surface area contributed by atoms with Crippen LogP contribution in [0, 0.1) is 11.8 Å². The van der Waals surface area contributed by atoms with Crippen LogP contribution in [0.2, 0.25) is 0 Å². The normalized spacial score (nSPS) is 27.9. The smallest absolute Gasteiger partial charge is 0.354 e. The van der Waals surface area contributed by atoms with Crippen LogP contribution in [0.3, 0.4) is 0 Å². The fourth-order valence-electron chi connectivity index (χ4n) is 4.51. The molecule has 6 nitrogen and oxygen atoms in total. The highest BCUT2D eigenvalue weighted by Crippen LogP contribution is 2.44. The minimum atomic E-state index is -5.23. The molecule has 0 bridgehead atoms. The minimum Gasteiger partial charge on any atom is -0.354 e. The van der Waals surface area contributed by atoms with Gasteiger partial charge >= 0.3 is 15.5 Å². The molecule has 0 spiro atoms. The molecule has 0 aromatic rings. The Balaban J connectivity index is 0.00000300. The number of nitrogens with one attached hydrogen (secondary N) is 2. The van der Waals surface area contributed by atoms with Crippen LogP contribution in [0.4, 0.5) is 13.2 Å². The van der Waals surface area contributed by atoms with Gasteiger partial charge in [0.25, 0.3) is 0 Å². The molecule has 2 saturated carbocycles. The highest BCUT2D eigenvalue weighted by molar-refractivity contribution is 14.0. The monoisotopic (exact) mass is 552 g/mol. The van der Waals surface area contributed by atoms with Crippen molar-refractivity contribution in [1.29, 1.82) is 0 Å².